The Morgan fingerprint density at radius 2 is 0.559 bits per heavy atom. The Bertz CT molecular complexity index is 1140. The molecular formula is C62H114O6. The van der Waals surface area contributed by atoms with Gasteiger partial charge in [-0.05, 0) is 70.6 Å². The molecule has 0 saturated carbocycles. The Kier molecular flexibility index (Phi) is 55.2. The smallest absolute Gasteiger partial charge is 0.306 e. The molecule has 0 aliphatic heterocycles. The number of hydrogen-bond donors (Lipinski definition) is 0. The van der Waals surface area contributed by atoms with Crippen LogP contribution in [0.15, 0.2) is 36.5 Å². The predicted molar refractivity (Wildman–Crippen MR) is 293 cm³/mol. The van der Waals surface area contributed by atoms with Gasteiger partial charge in [0.25, 0.3) is 0 Å². The van der Waals surface area contributed by atoms with E-state index in [0.717, 1.165) is 89.9 Å². The maximum absolute atomic E-state index is 12.9. The summed E-state index contributed by atoms with van der Waals surface area (Å²) in [5.74, 6) is -0.881. The molecule has 0 aliphatic carbocycles. The Morgan fingerprint density at radius 3 is 0.882 bits per heavy atom. The highest BCUT2D eigenvalue weighted by Gasteiger charge is 2.19. The van der Waals surface area contributed by atoms with Gasteiger partial charge in [-0.1, -0.05) is 269 Å². The first-order chi connectivity index (χ1) is 33.5. The molecule has 0 bridgehead atoms. The predicted octanol–water partition coefficient (Wildman–Crippen LogP) is 20.0. The zero-order valence-corrected chi connectivity index (χ0v) is 45.6. The summed E-state index contributed by atoms with van der Waals surface area (Å²) in [4.78, 5) is 38.2. The van der Waals surface area contributed by atoms with E-state index in [0.29, 0.717) is 19.3 Å². The van der Waals surface area contributed by atoms with Crippen molar-refractivity contribution in [2.45, 2.75) is 329 Å². The van der Waals surface area contributed by atoms with Crippen molar-refractivity contribution in [3.8, 4) is 0 Å². The molecule has 0 aromatic heterocycles. The fourth-order valence-corrected chi connectivity index (χ4v) is 8.83. The summed E-state index contributed by atoms with van der Waals surface area (Å²) >= 11 is 0. The van der Waals surface area contributed by atoms with E-state index in [1.807, 2.05) is 0 Å². The molecule has 0 amide bonds. The van der Waals surface area contributed by atoms with Crippen molar-refractivity contribution in [2.75, 3.05) is 13.2 Å². The Morgan fingerprint density at radius 1 is 0.294 bits per heavy atom. The van der Waals surface area contributed by atoms with Crippen LogP contribution < -0.4 is 0 Å². The first kappa shape index (κ1) is 65.6. The fourth-order valence-electron chi connectivity index (χ4n) is 8.83. The molecule has 6 heteroatoms. The zero-order valence-electron chi connectivity index (χ0n) is 45.6. The molecule has 0 aromatic rings. The molecule has 0 fully saturated rings. The molecule has 1 unspecified atom stereocenters. The van der Waals surface area contributed by atoms with Crippen molar-refractivity contribution < 1.29 is 28.6 Å². The summed E-state index contributed by atoms with van der Waals surface area (Å²) in [6, 6.07) is 0. The van der Waals surface area contributed by atoms with Gasteiger partial charge >= 0.3 is 17.9 Å². The molecule has 0 aromatic carbocycles. The van der Waals surface area contributed by atoms with Gasteiger partial charge in [0.15, 0.2) is 6.10 Å². The highest BCUT2D eigenvalue weighted by Crippen LogP contribution is 2.17. The van der Waals surface area contributed by atoms with Crippen molar-refractivity contribution in [3.63, 3.8) is 0 Å². The summed E-state index contributed by atoms with van der Waals surface area (Å²) in [7, 11) is 0. The van der Waals surface area contributed by atoms with Gasteiger partial charge in [-0.15, -0.1) is 0 Å². The molecule has 0 aliphatic rings. The van der Waals surface area contributed by atoms with E-state index < -0.39 is 6.10 Å². The average molecular weight is 956 g/mol. The lowest BCUT2D eigenvalue weighted by Gasteiger charge is -2.18. The number of allylic oxidation sites excluding steroid dienone is 6. The van der Waals surface area contributed by atoms with Gasteiger partial charge in [0.1, 0.15) is 13.2 Å². The van der Waals surface area contributed by atoms with Crippen molar-refractivity contribution in [1.82, 2.24) is 0 Å². The lowest BCUT2D eigenvalue weighted by atomic mass is 10.0. The number of hydrogen-bond acceptors (Lipinski definition) is 6. The van der Waals surface area contributed by atoms with E-state index in [2.05, 4.69) is 57.2 Å². The van der Waals surface area contributed by atoms with Crippen LogP contribution in [0.25, 0.3) is 0 Å². The van der Waals surface area contributed by atoms with Gasteiger partial charge in [0.05, 0.1) is 0 Å². The molecule has 68 heavy (non-hydrogen) atoms. The van der Waals surface area contributed by atoms with E-state index in [9.17, 15) is 14.4 Å². The minimum atomic E-state index is -0.779. The number of esters is 3. The van der Waals surface area contributed by atoms with Crippen LogP contribution in [0.3, 0.4) is 0 Å². The fraction of sp³-hybridized carbons (Fsp3) is 0.855. The molecular weight excluding hydrogens is 841 g/mol. The van der Waals surface area contributed by atoms with E-state index in [1.54, 1.807) is 0 Å². The van der Waals surface area contributed by atoms with Crippen LogP contribution >= 0.6 is 0 Å². The number of rotatable bonds is 55. The summed E-state index contributed by atoms with van der Waals surface area (Å²) in [5.41, 5.74) is 0. The summed E-state index contributed by atoms with van der Waals surface area (Å²) in [6.07, 6.45) is 68.6. The van der Waals surface area contributed by atoms with Crippen LogP contribution in [-0.2, 0) is 28.6 Å². The van der Waals surface area contributed by atoms with Crippen LogP contribution in [0, 0.1) is 0 Å². The van der Waals surface area contributed by atoms with Gasteiger partial charge in [-0.25, -0.2) is 0 Å². The summed E-state index contributed by atoms with van der Waals surface area (Å²) in [5, 5.41) is 0. The number of ether oxygens (including phenoxy) is 3. The zero-order chi connectivity index (χ0) is 49.3. The van der Waals surface area contributed by atoms with Gasteiger partial charge in [-0.2, -0.15) is 0 Å². The monoisotopic (exact) mass is 955 g/mol. The van der Waals surface area contributed by atoms with Gasteiger partial charge in [0, 0.05) is 19.3 Å². The van der Waals surface area contributed by atoms with E-state index >= 15 is 0 Å². The average Bonchev–Trinajstić information content (AvgIpc) is 3.34. The second kappa shape index (κ2) is 57.2. The normalized spacial score (nSPS) is 12.2. The van der Waals surface area contributed by atoms with Gasteiger partial charge in [-0.3, -0.25) is 14.4 Å². The van der Waals surface area contributed by atoms with Crippen molar-refractivity contribution >= 4 is 17.9 Å². The first-order valence-electron chi connectivity index (χ1n) is 30.0. The maximum atomic E-state index is 12.9. The molecule has 0 rings (SSSR count). The Hall–Kier alpha value is -2.37. The second-order valence-corrected chi connectivity index (χ2v) is 20.3. The standard InChI is InChI=1S/C62H114O6/c1-4-7-10-13-16-19-22-25-27-29-30-31-32-33-35-37-40-43-46-49-52-55-61(64)67-58-59(57-66-60(63)54-51-48-45-42-39-36-24-21-18-15-12-9-6-3)68-62(65)56-53-50-47-44-41-38-34-28-26-23-20-17-14-11-8-5-2/h12,15,21,24,28,34,59H,4-11,13-14,16-20,22-23,25-27,29-33,35-58H2,1-3H3/b15-12-,24-21-,34-28-. The third-order valence-corrected chi connectivity index (χ3v) is 13.3. The lowest BCUT2D eigenvalue weighted by molar-refractivity contribution is -0.167. The highest BCUT2D eigenvalue weighted by atomic mass is 16.6. The van der Waals surface area contributed by atoms with Crippen LogP contribution in [0.5, 0.6) is 0 Å². The van der Waals surface area contributed by atoms with Crippen LogP contribution in [0.4, 0.5) is 0 Å². The SMILES string of the molecule is CCC/C=C\C/C=C\CCCCCCCC(=O)OCC(COC(=O)CCCCCCCCCCCCCCCCCCCCCCC)OC(=O)CCCCCCC/C=C\CCCCCCCCC. The number of unbranched alkanes of at least 4 members (excludes halogenated alkanes) is 38. The largest absolute Gasteiger partial charge is 0.462 e. The quantitative estimate of drug-likeness (QED) is 0.0262. The van der Waals surface area contributed by atoms with E-state index in [-0.39, 0.29) is 31.1 Å². The Balaban J connectivity index is 4.30. The first-order valence-corrected chi connectivity index (χ1v) is 30.0. The topological polar surface area (TPSA) is 78.9 Å². The summed E-state index contributed by atoms with van der Waals surface area (Å²) < 4.78 is 16.9. The minimum Gasteiger partial charge on any atom is -0.462 e. The third-order valence-electron chi connectivity index (χ3n) is 13.3. The van der Waals surface area contributed by atoms with Crippen LogP contribution in [0.1, 0.15) is 323 Å². The maximum Gasteiger partial charge on any atom is 0.306 e. The van der Waals surface area contributed by atoms with Gasteiger partial charge in [0.2, 0.25) is 0 Å². The molecule has 0 spiro atoms. The second-order valence-electron chi connectivity index (χ2n) is 20.3. The number of carbonyl (C=O) groups excluding carboxylic acids is 3. The third kappa shape index (κ3) is 54.6. The minimum absolute atomic E-state index is 0.0763. The molecule has 1 atom stereocenters. The lowest BCUT2D eigenvalue weighted by Crippen LogP contribution is -2.30. The molecule has 0 radical (unpaired) electrons. The summed E-state index contributed by atoms with van der Waals surface area (Å²) in [6.45, 7) is 6.60. The van der Waals surface area contributed by atoms with Crippen LogP contribution in [0.2, 0.25) is 0 Å². The highest BCUT2D eigenvalue weighted by molar-refractivity contribution is 5.71. The van der Waals surface area contributed by atoms with E-state index in [4.69, 9.17) is 14.2 Å². The Labute approximate surface area is 423 Å². The van der Waals surface area contributed by atoms with Crippen molar-refractivity contribution in [3.05, 3.63) is 36.5 Å². The number of carbonyl (C=O) groups is 3. The molecule has 398 valence electrons. The molecule has 0 saturated heterocycles. The van der Waals surface area contributed by atoms with Gasteiger partial charge < -0.3 is 14.2 Å². The molecule has 6 nitrogen and oxygen atoms in total. The van der Waals surface area contributed by atoms with Crippen molar-refractivity contribution in [2.24, 2.45) is 0 Å². The molecule has 0 heterocycles. The van der Waals surface area contributed by atoms with Crippen LogP contribution in [-0.4, -0.2) is 37.2 Å². The van der Waals surface area contributed by atoms with Crippen molar-refractivity contribution in [1.29, 1.82) is 0 Å². The van der Waals surface area contributed by atoms with E-state index in [1.165, 1.54) is 193 Å². The molecule has 0 N–H and O–H groups in total.